The van der Waals surface area contributed by atoms with Gasteiger partial charge in [-0.2, -0.15) is 0 Å². The van der Waals surface area contributed by atoms with Gasteiger partial charge in [0.25, 0.3) is 0 Å². The average Bonchev–Trinajstić information content (AvgIpc) is 3.33. The van der Waals surface area contributed by atoms with Gasteiger partial charge in [0.2, 0.25) is 5.91 Å². The van der Waals surface area contributed by atoms with Crippen molar-refractivity contribution in [3.63, 3.8) is 0 Å². The second kappa shape index (κ2) is 9.26. The fraction of sp³-hybridized carbons (Fsp3) is 0.318. The summed E-state index contributed by atoms with van der Waals surface area (Å²) in [6.45, 7) is 4.75. The van der Waals surface area contributed by atoms with Gasteiger partial charge in [0.05, 0.1) is 35.8 Å². The molecule has 1 saturated heterocycles. The number of nitrogens with one attached hydrogen (secondary N) is 3. The number of hydrogen-bond donors (Lipinski definition) is 3. The lowest BCUT2D eigenvalue weighted by Gasteiger charge is -2.28. The summed E-state index contributed by atoms with van der Waals surface area (Å²) in [6.07, 6.45) is -0.523. The lowest BCUT2D eigenvalue weighted by atomic mass is 9.87. The molecule has 180 valence electrons. The maximum atomic E-state index is 15.2. The van der Waals surface area contributed by atoms with Crippen molar-refractivity contribution in [1.82, 2.24) is 10.1 Å². The zero-order valence-electron chi connectivity index (χ0n) is 18.1. The number of aromatic nitrogens is 2. The number of rotatable bonds is 6. The van der Waals surface area contributed by atoms with Crippen LogP contribution in [-0.4, -0.2) is 35.3 Å². The van der Waals surface area contributed by atoms with Crippen LogP contribution in [0.5, 0.6) is 0 Å². The molecule has 1 aliphatic rings. The summed E-state index contributed by atoms with van der Waals surface area (Å²) in [5, 5.41) is 9.19. The number of carbonyl (C=O) groups is 1. The molecule has 4 rings (SSSR count). The largest absolute Gasteiger partial charge is 0.439 e. The van der Waals surface area contributed by atoms with Crippen molar-refractivity contribution in [3.8, 4) is 11.4 Å². The van der Waals surface area contributed by atoms with E-state index in [4.69, 9.17) is 4.74 Å². The third-order valence-electron chi connectivity index (χ3n) is 5.54. The highest BCUT2D eigenvalue weighted by molar-refractivity contribution is 9.10. The van der Waals surface area contributed by atoms with Gasteiger partial charge in [0, 0.05) is 16.5 Å². The number of aromatic amines is 1. The van der Waals surface area contributed by atoms with Crippen molar-refractivity contribution < 1.29 is 27.2 Å². The molecule has 3 aromatic rings. The van der Waals surface area contributed by atoms with E-state index in [2.05, 4.69) is 41.2 Å². The van der Waals surface area contributed by atoms with Crippen LogP contribution in [0.3, 0.4) is 0 Å². The van der Waals surface area contributed by atoms with Gasteiger partial charge in [-0.15, -0.1) is 0 Å². The maximum absolute atomic E-state index is 15.2. The topological polar surface area (TPSA) is 109 Å². The number of hydrogen-bond acceptors (Lipinski definition) is 6. The van der Waals surface area contributed by atoms with Crippen molar-refractivity contribution in [2.45, 2.75) is 26.3 Å². The predicted molar refractivity (Wildman–Crippen MR) is 121 cm³/mol. The van der Waals surface area contributed by atoms with Gasteiger partial charge in [-0.05, 0) is 40.2 Å². The highest BCUT2D eigenvalue weighted by Gasteiger charge is 2.36. The number of benzene rings is 2. The number of carbonyl (C=O) groups excluding carboxylic acids is 1. The van der Waals surface area contributed by atoms with Crippen LogP contribution in [0.1, 0.15) is 19.4 Å². The molecular weight excluding hydrogens is 521 g/mol. The molecule has 0 bridgehead atoms. The molecule has 0 aliphatic carbocycles. The van der Waals surface area contributed by atoms with Crippen LogP contribution in [-0.2, 0) is 16.0 Å². The molecule has 0 radical (unpaired) electrons. The van der Waals surface area contributed by atoms with E-state index in [9.17, 15) is 18.4 Å². The molecule has 0 unspecified atom stereocenters. The number of nitrogens with zero attached hydrogens (tertiary/aromatic N) is 1. The monoisotopic (exact) mass is 540 g/mol. The SMILES string of the molecule is CC1(C)COC[C@H]1Nc1cc(-c2noc(=O)[nH]2)cc(F)c1NC(=O)Cc1cc(F)c(Br)cc1F. The summed E-state index contributed by atoms with van der Waals surface area (Å²) in [5.74, 6) is -3.91. The Morgan fingerprint density at radius 1 is 1.21 bits per heavy atom. The van der Waals surface area contributed by atoms with E-state index in [0.717, 1.165) is 18.2 Å². The summed E-state index contributed by atoms with van der Waals surface area (Å²) in [7, 11) is 0. The van der Waals surface area contributed by atoms with E-state index in [1.165, 1.54) is 6.07 Å². The molecular formula is C22H20BrF3N4O4. The number of ether oxygens (including phenoxy) is 1. The summed E-state index contributed by atoms with van der Waals surface area (Å²) >= 11 is 2.88. The number of H-pyrrole nitrogens is 1. The first-order chi connectivity index (χ1) is 16.0. The second-order valence-corrected chi connectivity index (χ2v) is 9.46. The molecule has 0 saturated carbocycles. The Morgan fingerprint density at radius 3 is 2.62 bits per heavy atom. The number of anilines is 2. The Morgan fingerprint density at radius 2 is 1.97 bits per heavy atom. The molecule has 3 N–H and O–H groups in total. The highest BCUT2D eigenvalue weighted by Crippen LogP contribution is 2.36. The standard InChI is InChI=1S/C22H20BrF3N4O4/c1-22(2)9-33-8-17(22)27-16-5-11(20-29-21(32)34-30-20)4-15(26)19(16)28-18(31)6-10-3-14(25)12(23)7-13(10)24/h3-5,7,17,27H,6,8-9H2,1-2H3,(H,28,31)(H,29,30,32)/t17-/m1/s1. The molecule has 2 heterocycles. The van der Waals surface area contributed by atoms with Gasteiger partial charge in [0.15, 0.2) is 5.82 Å². The third kappa shape index (κ3) is 5.02. The lowest BCUT2D eigenvalue weighted by Crippen LogP contribution is -2.35. The molecule has 8 nitrogen and oxygen atoms in total. The summed E-state index contributed by atoms with van der Waals surface area (Å²) in [6, 6.07) is 4.14. The smallest absolute Gasteiger partial charge is 0.379 e. The molecule has 0 spiro atoms. The fourth-order valence-electron chi connectivity index (χ4n) is 3.59. The second-order valence-electron chi connectivity index (χ2n) is 8.61. The van der Waals surface area contributed by atoms with E-state index in [1.807, 2.05) is 13.8 Å². The van der Waals surface area contributed by atoms with E-state index in [1.54, 1.807) is 0 Å². The third-order valence-corrected chi connectivity index (χ3v) is 6.15. The van der Waals surface area contributed by atoms with Gasteiger partial charge in [-0.3, -0.25) is 14.3 Å². The first-order valence-corrected chi connectivity index (χ1v) is 11.0. The van der Waals surface area contributed by atoms with Crippen LogP contribution in [0, 0.1) is 22.9 Å². The highest BCUT2D eigenvalue weighted by atomic mass is 79.9. The minimum Gasteiger partial charge on any atom is -0.379 e. The Labute approximate surface area is 200 Å². The van der Waals surface area contributed by atoms with Crippen LogP contribution in [0.4, 0.5) is 24.5 Å². The van der Waals surface area contributed by atoms with Crippen molar-refractivity contribution in [1.29, 1.82) is 0 Å². The number of halogens is 4. The summed E-state index contributed by atoms with van der Waals surface area (Å²) in [5.41, 5.74) is -0.288. The van der Waals surface area contributed by atoms with Crippen LogP contribution in [0.2, 0.25) is 0 Å². The lowest BCUT2D eigenvalue weighted by molar-refractivity contribution is -0.115. The molecule has 1 amide bonds. The van der Waals surface area contributed by atoms with Gasteiger partial charge >= 0.3 is 5.76 Å². The van der Waals surface area contributed by atoms with E-state index >= 15 is 4.39 Å². The van der Waals surface area contributed by atoms with Crippen molar-refractivity contribution >= 4 is 33.2 Å². The molecule has 1 fully saturated rings. The minimum atomic E-state index is -0.837. The van der Waals surface area contributed by atoms with Crippen LogP contribution in [0.15, 0.2) is 38.1 Å². The molecule has 1 aliphatic heterocycles. The zero-order chi connectivity index (χ0) is 24.6. The Hall–Kier alpha value is -3.12. The van der Waals surface area contributed by atoms with Crippen LogP contribution in [0.25, 0.3) is 11.4 Å². The van der Waals surface area contributed by atoms with Crippen molar-refractivity contribution in [2.75, 3.05) is 23.8 Å². The molecule has 1 aromatic heterocycles. The first-order valence-electron chi connectivity index (χ1n) is 10.2. The minimum absolute atomic E-state index is 0.000771. The van der Waals surface area contributed by atoms with Crippen molar-refractivity contribution in [2.24, 2.45) is 5.41 Å². The number of amides is 1. The van der Waals surface area contributed by atoms with E-state index in [-0.39, 0.29) is 44.3 Å². The van der Waals surface area contributed by atoms with E-state index < -0.39 is 35.5 Å². The molecule has 2 aromatic carbocycles. The van der Waals surface area contributed by atoms with Gasteiger partial charge in [0.1, 0.15) is 23.1 Å². The summed E-state index contributed by atoms with van der Waals surface area (Å²) < 4.78 is 53.1. The predicted octanol–water partition coefficient (Wildman–Crippen LogP) is 4.23. The Kier molecular flexibility index (Phi) is 6.54. The summed E-state index contributed by atoms with van der Waals surface area (Å²) in [4.78, 5) is 26.3. The Balaban J connectivity index is 1.67. The molecule has 12 heteroatoms. The van der Waals surface area contributed by atoms with Crippen LogP contribution < -0.4 is 16.4 Å². The zero-order valence-corrected chi connectivity index (χ0v) is 19.7. The first kappa shape index (κ1) is 24.0. The fourth-order valence-corrected chi connectivity index (χ4v) is 3.90. The van der Waals surface area contributed by atoms with Gasteiger partial charge in [-0.1, -0.05) is 19.0 Å². The van der Waals surface area contributed by atoms with Gasteiger partial charge < -0.3 is 15.4 Å². The van der Waals surface area contributed by atoms with Crippen LogP contribution >= 0.6 is 15.9 Å². The average molecular weight is 541 g/mol. The molecule has 34 heavy (non-hydrogen) atoms. The molecule has 1 atom stereocenters. The Bertz CT molecular complexity index is 1310. The quantitative estimate of drug-likeness (QED) is 0.404. The van der Waals surface area contributed by atoms with E-state index in [0.29, 0.717) is 13.2 Å². The normalized spacial score (nSPS) is 17.1. The van der Waals surface area contributed by atoms with Crippen molar-refractivity contribution in [3.05, 3.63) is 62.3 Å². The van der Waals surface area contributed by atoms with Gasteiger partial charge in [-0.25, -0.2) is 18.0 Å². The maximum Gasteiger partial charge on any atom is 0.439 e.